The maximum absolute atomic E-state index is 13.7. The summed E-state index contributed by atoms with van der Waals surface area (Å²) in [6, 6.07) is 8.50. The third kappa shape index (κ3) is 8.15. The van der Waals surface area contributed by atoms with E-state index in [4.69, 9.17) is 46.4 Å². The van der Waals surface area contributed by atoms with Crippen molar-refractivity contribution < 1.29 is 18.0 Å². The van der Waals surface area contributed by atoms with Crippen molar-refractivity contribution in [2.45, 2.75) is 52.2 Å². The molecule has 2 rings (SSSR count). The van der Waals surface area contributed by atoms with Crippen LogP contribution in [0.2, 0.25) is 20.1 Å². The molecule has 0 aliphatic heterocycles. The Kier molecular flexibility index (Phi) is 11.2. The summed E-state index contributed by atoms with van der Waals surface area (Å²) in [5, 5.41) is 3.66. The Morgan fingerprint density at radius 3 is 2.06 bits per heavy atom. The van der Waals surface area contributed by atoms with Gasteiger partial charge in [-0.2, -0.15) is 0 Å². The molecule has 0 heterocycles. The summed E-state index contributed by atoms with van der Waals surface area (Å²) in [6.07, 6.45) is 1.98. The second-order valence-electron chi connectivity index (χ2n) is 8.38. The molecule has 198 valence electrons. The van der Waals surface area contributed by atoms with Gasteiger partial charge in [0.2, 0.25) is 21.8 Å². The first-order chi connectivity index (χ1) is 16.8. The fraction of sp³-hybridized carbons (Fsp3) is 0.417. The average Bonchev–Trinajstić information content (AvgIpc) is 2.80. The first-order valence-electron chi connectivity index (χ1n) is 11.2. The van der Waals surface area contributed by atoms with Gasteiger partial charge in [0.15, 0.2) is 0 Å². The summed E-state index contributed by atoms with van der Waals surface area (Å²) in [6.45, 7) is 5.06. The highest BCUT2D eigenvalue weighted by molar-refractivity contribution is 7.92. The fourth-order valence-corrected chi connectivity index (χ4v) is 5.12. The lowest BCUT2D eigenvalue weighted by Gasteiger charge is -2.33. The van der Waals surface area contributed by atoms with E-state index in [1.807, 2.05) is 13.8 Å². The van der Waals surface area contributed by atoms with Gasteiger partial charge in [-0.25, -0.2) is 8.42 Å². The Morgan fingerprint density at radius 2 is 1.53 bits per heavy atom. The van der Waals surface area contributed by atoms with Gasteiger partial charge in [-0.15, -0.1) is 0 Å². The first-order valence-corrected chi connectivity index (χ1v) is 14.6. The van der Waals surface area contributed by atoms with E-state index >= 15 is 0 Å². The summed E-state index contributed by atoms with van der Waals surface area (Å²) in [4.78, 5) is 28.2. The molecule has 0 aromatic heterocycles. The second-order valence-corrected chi connectivity index (χ2v) is 11.9. The number of carbonyl (C=O) groups excluding carboxylic acids is 2. The minimum absolute atomic E-state index is 0.00506. The van der Waals surface area contributed by atoms with Gasteiger partial charge in [0, 0.05) is 17.6 Å². The van der Waals surface area contributed by atoms with Crippen LogP contribution in [-0.2, 0) is 26.2 Å². The molecule has 2 atom stereocenters. The van der Waals surface area contributed by atoms with Gasteiger partial charge in [0.05, 0.1) is 27.0 Å². The zero-order valence-electron chi connectivity index (χ0n) is 20.4. The summed E-state index contributed by atoms with van der Waals surface area (Å²) in [5.74, 6) is -0.920. The van der Waals surface area contributed by atoms with Crippen molar-refractivity contribution in [3.05, 3.63) is 62.1 Å². The van der Waals surface area contributed by atoms with Crippen molar-refractivity contribution in [1.82, 2.24) is 10.2 Å². The molecule has 2 amide bonds. The molecule has 0 saturated heterocycles. The first kappa shape index (κ1) is 30.5. The highest BCUT2D eigenvalue weighted by atomic mass is 35.5. The topological polar surface area (TPSA) is 86.8 Å². The molecule has 36 heavy (non-hydrogen) atoms. The Hall–Kier alpha value is -1.71. The lowest BCUT2D eigenvalue weighted by molar-refractivity contribution is -0.140. The number of amides is 2. The number of anilines is 1. The van der Waals surface area contributed by atoms with E-state index in [0.717, 1.165) is 16.1 Å². The number of carbonyl (C=O) groups is 2. The normalized spacial score (nSPS) is 13.1. The van der Waals surface area contributed by atoms with Crippen LogP contribution in [0, 0.1) is 0 Å². The summed E-state index contributed by atoms with van der Waals surface area (Å²) in [5.41, 5.74) is 0.728. The molecule has 12 heteroatoms. The molecular formula is C24H29Cl4N3O4S. The van der Waals surface area contributed by atoms with Crippen LogP contribution in [-0.4, -0.2) is 50.0 Å². The molecule has 1 N–H and O–H groups in total. The largest absolute Gasteiger partial charge is 0.352 e. The van der Waals surface area contributed by atoms with Crippen molar-refractivity contribution >= 4 is 73.9 Å². The standard InChI is InChI=1S/C24H29Cl4N3O4S/c1-5-15(3)29-24(33)21(6-2)30(13-16-7-9-17(25)10-8-16)23(32)14-31(36(4,34)35)22-12-19(27)18(26)11-20(22)28/h7-12,15,21H,5-6,13-14H2,1-4H3,(H,29,33)/t15-,21-/m0/s1. The number of nitrogens with zero attached hydrogens (tertiary/aromatic N) is 2. The minimum Gasteiger partial charge on any atom is -0.352 e. The van der Waals surface area contributed by atoms with E-state index in [-0.39, 0.29) is 39.2 Å². The van der Waals surface area contributed by atoms with Gasteiger partial charge < -0.3 is 10.2 Å². The van der Waals surface area contributed by atoms with Crippen LogP contribution in [0.15, 0.2) is 36.4 Å². The molecule has 2 aromatic carbocycles. The number of nitrogens with one attached hydrogen (secondary N) is 1. The van der Waals surface area contributed by atoms with Crippen molar-refractivity contribution in [2.75, 3.05) is 17.1 Å². The minimum atomic E-state index is -3.97. The molecular weight excluding hydrogens is 568 g/mol. The van der Waals surface area contributed by atoms with Crippen LogP contribution >= 0.6 is 46.4 Å². The molecule has 0 bridgehead atoms. The van der Waals surface area contributed by atoms with Gasteiger partial charge >= 0.3 is 0 Å². The maximum atomic E-state index is 13.7. The maximum Gasteiger partial charge on any atom is 0.244 e. The molecule has 0 fully saturated rings. The van der Waals surface area contributed by atoms with E-state index in [0.29, 0.717) is 17.9 Å². The van der Waals surface area contributed by atoms with Crippen LogP contribution in [0.4, 0.5) is 5.69 Å². The lowest BCUT2D eigenvalue weighted by atomic mass is 10.1. The molecule has 0 spiro atoms. The number of sulfonamides is 1. The third-order valence-corrected chi connectivity index (χ3v) is 7.99. The number of rotatable bonds is 11. The Balaban J connectivity index is 2.50. The van der Waals surface area contributed by atoms with E-state index in [1.54, 1.807) is 31.2 Å². The molecule has 7 nitrogen and oxygen atoms in total. The zero-order valence-corrected chi connectivity index (χ0v) is 24.2. The zero-order chi connectivity index (χ0) is 27.2. The fourth-order valence-electron chi connectivity index (χ4n) is 3.45. The predicted octanol–water partition coefficient (Wildman–Crippen LogP) is 5.79. The SMILES string of the molecule is CC[C@H](C)NC(=O)[C@H](CC)N(Cc1ccc(Cl)cc1)C(=O)CN(c1cc(Cl)c(Cl)cc1Cl)S(C)(=O)=O. The van der Waals surface area contributed by atoms with Crippen LogP contribution in [0.5, 0.6) is 0 Å². The second kappa shape index (κ2) is 13.2. The molecule has 2 aromatic rings. The third-order valence-electron chi connectivity index (χ3n) is 5.59. The van der Waals surface area contributed by atoms with Crippen molar-refractivity contribution in [1.29, 1.82) is 0 Å². The molecule has 0 aliphatic rings. The number of hydrogen-bond acceptors (Lipinski definition) is 4. The van der Waals surface area contributed by atoms with E-state index in [1.165, 1.54) is 17.0 Å². The van der Waals surface area contributed by atoms with Gasteiger partial charge in [0.25, 0.3) is 0 Å². The average molecular weight is 597 g/mol. The number of benzene rings is 2. The summed E-state index contributed by atoms with van der Waals surface area (Å²) < 4.78 is 26.3. The van der Waals surface area contributed by atoms with E-state index < -0.39 is 28.5 Å². The number of halogens is 4. The molecule has 0 radical (unpaired) electrons. The van der Waals surface area contributed by atoms with Gasteiger partial charge in [-0.3, -0.25) is 13.9 Å². The van der Waals surface area contributed by atoms with Crippen molar-refractivity contribution in [3.63, 3.8) is 0 Å². The van der Waals surface area contributed by atoms with E-state index in [2.05, 4.69) is 5.32 Å². The Labute approximate surface area is 232 Å². The predicted molar refractivity (Wildman–Crippen MR) is 148 cm³/mol. The summed E-state index contributed by atoms with van der Waals surface area (Å²) in [7, 11) is -3.97. The smallest absolute Gasteiger partial charge is 0.244 e. The lowest BCUT2D eigenvalue weighted by Crippen LogP contribution is -2.53. The van der Waals surface area contributed by atoms with Crippen LogP contribution in [0.25, 0.3) is 0 Å². The van der Waals surface area contributed by atoms with Gasteiger partial charge in [0.1, 0.15) is 12.6 Å². The molecule has 0 unspecified atom stereocenters. The van der Waals surface area contributed by atoms with Crippen LogP contribution < -0.4 is 9.62 Å². The van der Waals surface area contributed by atoms with Crippen molar-refractivity contribution in [2.24, 2.45) is 0 Å². The van der Waals surface area contributed by atoms with Crippen molar-refractivity contribution in [3.8, 4) is 0 Å². The quantitative estimate of drug-likeness (QED) is 0.333. The number of hydrogen-bond donors (Lipinski definition) is 1. The molecule has 0 aliphatic carbocycles. The van der Waals surface area contributed by atoms with Gasteiger partial charge in [-0.1, -0.05) is 72.4 Å². The summed E-state index contributed by atoms with van der Waals surface area (Å²) >= 11 is 24.4. The highest BCUT2D eigenvalue weighted by Crippen LogP contribution is 2.35. The highest BCUT2D eigenvalue weighted by Gasteiger charge is 2.33. The van der Waals surface area contributed by atoms with E-state index in [9.17, 15) is 18.0 Å². The van der Waals surface area contributed by atoms with Crippen LogP contribution in [0.1, 0.15) is 39.2 Å². The van der Waals surface area contributed by atoms with Crippen LogP contribution in [0.3, 0.4) is 0 Å². The Bertz CT molecular complexity index is 1190. The van der Waals surface area contributed by atoms with Gasteiger partial charge in [-0.05, 0) is 49.6 Å². The Morgan fingerprint density at radius 1 is 0.944 bits per heavy atom. The molecule has 0 saturated carbocycles. The monoisotopic (exact) mass is 595 g/mol.